The quantitative estimate of drug-likeness (QED) is 0.133. The monoisotopic (exact) mass is 2160 g/mol. The third-order valence-electron chi connectivity index (χ3n) is 28.1. The van der Waals surface area contributed by atoms with E-state index in [4.69, 9.17) is 0 Å². The predicted molar refractivity (Wildman–Crippen MR) is 681 cm³/mol. The zero-order chi connectivity index (χ0) is 99.6. The molecule has 0 saturated carbocycles. The number of aryl methyl sites for hydroxylation is 6. The SMILES string of the molecule is CCCCc1ccc2c(c1)sc1c3ccc(-c4ccc5ccccc5c4)cc3sc21.Cc1ccc(-c2ccc3c(c2)sc2c4ccc(C#Cc5ccccc5)cc4sc32)cc1.Cc1ccc(-c2ccc3c(c2)sc2c4ccccc4sc32)cc1.Cc1ccc(-c2ccc3c(c2)sc2c4ccccc4sc32)s1.Cc1ccc2c(c1)sc1c3ccc(-c4cc5ccccc5s4)cc3sc21.Cc1ccc2c(c1)sc1c3ccccc3sc21. The summed E-state index contributed by atoms with van der Waals surface area (Å²) in [5.74, 6) is 6.58. The molecule has 0 nitrogen and oxygen atoms in total. The summed E-state index contributed by atoms with van der Waals surface area (Å²) in [5, 5.41) is 20.6. The summed E-state index contributed by atoms with van der Waals surface area (Å²) in [7, 11) is 0. The van der Waals surface area contributed by atoms with E-state index in [1.165, 1.54) is 305 Å². The van der Waals surface area contributed by atoms with Crippen molar-refractivity contribution in [1.82, 2.24) is 0 Å². The Morgan fingerprint density at radius 2 is 0.483 bits per heavy atom. The molecule has 0 atom stereocenters. The van der Waals surface area contributed by atoms with Crippen LogP contribution in [0, 0.1) is 46.5 Å². The lowest BCUT2D eigenvalue weighted by Crippen LogP contribution is -1.82. The van der Waals surface area contributed by atoms with Crippen molar-refractivity contribution in [2.45, 2.75) is 60.8 Å². The van der Waals surface area contributed by atoms with Crippen molar-refractivity contribution >= 4 is 357 Å². The fourth-order valence-electron chi connectivity index (χ4n) is 20.3. The van der Waals surface area contributed by atoms with Crippen LogP contribution in [0.5, 0.6) is 0 Å². The second kappa shape index (κ2) is 39.8. The number of unbranched alkanes of at least 4 members (excludes halogenated alkanes) is 1. The maximum Gasteiger partial charge on any atom is 0.0542 e. The molecule has 714 valence electrons. The minimum atomic E-state index is 1.05. The van der Waals surface area contributed by atoms with Crippen LogP contribution >= 0.6 is 159 Å². The van der Waals surface area contributed by atoms with Gasteiger partial charge < -0.3 is 0 Å². The van der Waals surface area contributed by atoms with Crippen LogP contribution in [-0.4, -0.2) is 0 Å². The molecular formula is C135H90S14. The van der Waals surface area contributed by atoms with Crippen LogP contribution in [-0.2, 0) is 6.42 Å². The van der Waals surface area contributed by atoms with E-state index in [1.54, 1.807) is 0 Å². The Labute approximate surface area is 918 Å². The van der Waals surface area contributed by atoms with Crippen molar-refractivity contribution in [3.63, 3.8) is 0 Å². The van der Waals surface area contributed by atoms with Gasteiger partial charge in [-0.05, 0) is 246 Å². The van der Waals surface area contributed by atoms with Crippen molar-refractivity contribution in [1.29, 1.82) is 0 Å². The summed E-state index contributed by atoms with van der Waals surface area (Å²) in [5.41, 5.74) is 19.3. The van der Waals surface area contributed by atoms with Gasteiger partial charge in [0.2, 0.25) is 0 Å². The molecule has 149 heavy (non-hydrogen) atoms. The molecule has 0 aliphatic rings. The number of hydrogen-bond acceptors (Lipinski definition) is 14. The van der Waals surface area contributed by atoms with Gasteiger partial charge in [-0.1, -0.05) is 315 Å². The van der Waals surface area contributed by atoms with E-state index >= 15 is 0 Å². The number of thiophene rings is 14. The molecule has 0 fully saturated rings. The zero-order valence-electron chi connectivity index (χ0n) is 81.9. The minimum absolute atomic E-state index is 1.05. The van der Waals surface area contributed by atoms with Crippen LogP contribution in [0.15, 0.2) is 400 Å². The standard InChI is InChI=1S/C29H18S2.C28H22S2.C23H14S3.C21H14S2.C19H12S3.C15H10S2/c1-19-7-12-22(13-8-19)23-14-16-25-27(18-23)31-28-24-15-11-21(17-26(24)30-29(25)28)10-9-20-5-3-2-4-6-20;1-2-3-6-18-9-13-23-25(15-18)29-28-24-14-12-22(17-26(24)30-27(23)28)21-11-10-19-7-4-5-8-20(19)16-21;1-13-6-8-16-20(10-13)25-23-17-9-7-15(12-21(17)26-22(16)23)19-11-14-4-2-3-5-18(14)24-19;1-13-6-8-14(9-7-13)15-10-11-17-19(12-15)23-20-16-4-2-3-5-18(16)22-21(17)20;1-11-6-9-15(20-11)12-7-8-14-17(10-12)22-18-13-4-2-3-5-16(13)21-19(14)18;1-9-6-7-11-13(8-9)17-14-10-4-2-3-5-12(10)16-15(11)14/h2-8,11-18H,1H3;4-5,7-17H,2-3,6H2,1H3;2-12H,1H3;2-12H,1H3;2-10H,1H3;2-8H,1H3. The summed E-state index contributed by atoms with van der Waals surface area (Å²) >= 11 is 26.8. The summed E-state index contributed by atoms with van der Waals surface area (Å²) in [4.78, 5) is 4.08. The first-order valence-electron chi connectivity index (χ1n) is 50.1. The molecule has 0 spiro atoms. The van der Waals surface area contributed by atoms with Crippen LogP contribution in [0.1, 0.15) is 63.6 Å². The van der Waals surface area contributed by atoms with E-state index in [0.717, 1.165) is 11.1 Å². The Kier molecular flexibility index (Phi) is 25.1. The molecule has 14 aromatic heterocycles. The highest BCUT2D eigenvalue weighted by Gasteiger charge is 2.22. The van der Waals surface area contributed by atoms with E-state index in [-0.39, 0.29) is 0 Å². The first-order valence-corrected chi connectivity index (χ1v) is 61.5. The van der Waals surface area contributed by atoms with Crippen molar-refractivity contribution in [3.8, 4) is 66.1 Å². The van der Waals surface area contributed by atoms with Gasteiger partial charge in [-0.3, -0.25) is 0 Å². The third-order valence-corrected chi connectivity index (χ3v) is 45.4. The first-order chi connectivity index (χ1) is 73.2. The van der Waals surface area contributed by atoms with Crippen molar-refractivity contribution in [2.24, 2.45) is 0 Å². The smallest absolute Gasteiger partial charge is 0.0542 e. The second-order valence-corrected chi connectivity index (χ2v) is 53.3. The second-order valence-electron chi connectivity index (χ2n) is 38.3. The number of benzene rings is 18. The van der Waals surface area contributed by atoms with E-state index in [9.17, 15) is 0 Å². The van der Waals surface area contributed by atoms with E-state index < -0.39 is 0 Å². The van der Waals surface area contributed by atoms with Crippen molar-refractivity contribution in [2.75, 3.05) is 0 Å². The lowest BCUT2D eigenvalue weighted by molar-refractivity contribution is 0.796. The van der Waals surface area contributed by atoms with Crippen molar-refractivity contribution in [3.05, 3.63) is 444 Å². The van der Waals surface area contributed by atoms with Crippen LogP contribution in [0.2, 0.25) is 0 Å². The third kappa shape index (κ3) is 18.1. The Balaban J connectivity index is 0.0000000889. The van der Waals surface area contributed by atoms with Gasteiger partial charge >= 0.3 is 0 Å². The van der Waals surface area contributed by atoms with Gasteiger partial charge in [0.1, 0.15) is 0 Å². The number of rotatable bonds is 8. The highest BCUT2D eigenvalue weighted by atomic mass is 32.2. The molecule has 0 amide bonds. The van der Waals surface area contributed by atoms with E-state index in [0.29, 0.717) is 0 Å². The largest absolute Gasteiger partial charge is 0.141 e. The van der Waals surface area contributed by atoms with Gasteiger partial charge in [-0.2, -0.15) is 0 Å². The molecule has 0 saturated heterocycles. The van der Waals surface area contributed by atoms with E-state index in [1.807, 2.05) is 189 Å². The topological polar surface area (TPSA) is 0 Å². The first kappa shape index (κ1) is 94.0. The highest BCUT2D eigenvalue weighted by molar-refractivity contribution is 7.40. The number of hydrogen-bond donors (Lipinski definition) is 0. The molecule has 0 aliphatic heterocycles. The van der Waals surface area contributed by atoms with Gasteiger partial charge in [-0.15, -0.1) is 159 Å². The van der Waals surface area contributed by atoms with Crippen LogP contribution in [0.3, 0.4) is 0 Å². The molecule has 14 heterocycles. The van der Waals surface area contributed by atoms with Gasteiger partial charge in [0.25, 0.3) is 0 Å². The molecule has 18 aromatic carbocycles. The van der Waals surface area contributed by atoms with E-state index in [2.05, 4.69) is 423 Å². The molecule has 32 rings (SSSR count). The summed E-state index contributed by atoms with van der Waals surface area (Å²) in [6, 6.07) is 147. The molecule has 32 aromatic rings. The maximum absolute atomic E-state index is 3.32. The normalized spacial score (nSPS) is 11.7. The fraction of sp³-hybridized carbons (Fsp3) is 0.0667. The zero-order valence-corrected chi connectivity index (χ0v) is 93.4. The Morgan fingerprint density at radius 1 is 0.174 bits per heavy atom. The minimum Gasteiger partial charge on any atom is -0.141 e. The molecule has 0 unspecified atom stereocenters. The molecular weight excluding hydrogens is 2070 g/mol. The summed E-state index contributed by atoms with van der Waals surface area (Å²) < 4.78 is 35.2. The predicted octanol–water partition coefficient (Wildman–Crippen LogP) is 46.7. The summed E-state index contributed by atoms with van der Waals surface area (Å²) in [6.07, 6.45) is 3.71. The Morgan fingerprint density at radius 3 is 0.919 bits per heavy atom. The Hall–Kier alpha value is -13.5. The molecule has 0 aliphatic carbocycles. The average Bonchev–Trinajstić information content (AvgIpc) is 1.33. The fourth-order valence-corrected chi connectivity index (χ4v) is 38.7. The van der Waals surface area contributed by atoms with Crippen LogP contribution in [0.25, 0.3) is 253 Å². The van der Waals surface area contributed by atoms with Gasteiger partial charge in [0.15, 0.2) is 0 Å². The lowest BCUT2D eigenvalue weighted by Gasteiger charge is -2.04. The molecule has 0 N–H and O–H groups in total. The van der Waals surface area contributed by atoms with Gasteiger partial charge in [-0.25, -0.2) is 0 Å². The summed E-state index contributed by atoms with van der Waals surface area (Å²) in [6.45, 7) is 13.0. The van der Waals surface area contributed by atoms with Crippen LogP contribution in [0.4, 0.5) is 0 Å². The maximum atomic E-state index is 3.32. The van der Waals surface area contributed by atoms with Gasteiger partial charge in [0, 0.05) is 151 Å². The molecule has 0 bridgehead atoms. The number of fused-ring (bicyclic) bond motifs is 32. The lowest BCUT2D eigenvalue weighted by atomic mass is 10.0. The van der Waals surface area contributed by atoms with Gasteiger partial charge in [0.05, 0.1) is 56.4 Å². The van der Waals surface area contributed by atoms with Crippen LogP contribution < -0.4 is 0 Å². The van der Waals surface area contributed by atoms with Crippen molar-refractivity contribution < 1.29 is 0 Å². The highest BCUT2D eigenvalue weighted by Crippen LogP contribution is 2.54. The average molecular weight is 2160 g/mol. The molecule has 0 radical (unpaired) electrons. The molecule has 14 heteroatoms. The Bertz CT molecular complexity index is 10900.